The summed E-state index contributed by atoms with van der Waals surface area (Å²) in [6.07, 6.45) is 3.03. The van der Waals surface area contributed by atoms with E-state index < -0.39 is 4.92 Å². The first-order valence-electron chi connectivity index (χ1n) is 5.10. The maximum absolute atomic E-state index is 10.5. The van der Waals surface area contributed by atoms with Gasteiger partial charge >= 0.3 is 0 Å². The number of non-ortho nitro benzene ring substituents is 1. The van der Waals surface area contributed by atoms with E-state index in [1.54, 1.807) is 12.1 Å². The van der Waals surface area contributed by atoms with Crippen molar-refractivity contribution in [1.29, 1.82) is 0 Å². The highest BCUT2D eigenvalue weighted by Gasteiger charge is 2.05. The third-order valence-electron chi connectivity index (χ3n) is 2.26. The minimum Gasteiger partial charge on any atom is -0.363 e. The largest absolute Gasteiger partial charge is 0.363 e. The number of halogens is 1. The molecule has 0 amide bonds. The molecule has 18 heavy (non-hydrogen) atoms. The second kappa shape index (κ2) is 5.42. The topological polar surface area (TPSA) is 81.0 Å². The molecule has 0 spiro atoms. The fourth-order valence-electron chi connectivity index (χ4n) is 1.36. The van der Waals surface area contributed by atoms with E-state index in [0.717, 1.165) is 5.56 Å². The molecule has 1 N–H and O–H groups in total. The molecule has 2 aromatic rings. The number of nitrogens with one attached hydrogen (secondary N) is 1. The maximum atomic E-state index is 10.5. The Morgan fingerprint density at radius 3 is 2.50 bits per heavy atom. The van der Waals surface area contributed by atoms with Gasteiger partial charge < -0.3 is 5.32 Å². The van der Waals surface area contributed by atoms with Gasteiger partial charge in [-0.05, 0) is 5.56 Å². The molecule has 0 unspecified atom stereocenters. The molecule has 0 aliphatic heterocycles. The average Bonchev–Trinajstić information content (AvgIpc) is 2.38. The van der Waals surface area contributed by atoms with Gasteiger partial charge in [-0.2, -0.15) is 0 Å². The number of nitro benzene ring substituents is 1. The highest BCUT2D eigenvalue weighted by atomic mass is 35.5. The van der Waals surface area contributed by atoms with Crippen molar-refractivity contribution in [3.8, 4) is 0 Å². The number of rotatable bonds is 4. The number of hydrogen-bond donors (Lipinski definition) is 1. The zero-order valence-electron chi connectivity index (χ0n) is 9.21. The van der Waals surface area contributed by atoms with Gasteiger partial charge in [-0.1, -0.05) is 23.7 Å². The van der Waals surface area contributed by atoms with E-state index >= 15 is 0 Å². The quantitative estimate of drug-likeness (QED) is 0.678. The molecule has 0 bridgehead atoms. The van der Waals surface area contributed by atoms with Crippen molar-refractivity contribution in [2.24, 2.45) is 0 Å². The van der Waals surface area contributed by atoms with Crippen molar-refractivity contribution in [2.75, 3.05) is 5.32 Å². The molecule has 0 atom stereocenters. The number of hydrogen-bond acceptors (Lipinski definition) is 5. The van der Waals surface area contributed by atoms with E-state index in [0.29, 0.717) is 17.5 Å². The molecule has 2 rings (SSSR count). The van der Waals surface area contributed by atoms with E-state index in [1.165, 1.54) is 24.5 Å². The van der Waals surface area contributed by atoms with E-state index in [-0.39, 0.29) is 5.69 Å². The predicted octanol–water partition coefficient (Wildman–Crippen LogP) is 2.65. The van der Waals surface area contributed by atoms with Gasteiger partial charge in [0, 0.05) is 31.1 Å². The van der Waals surface area contributed by atoms with Gasteiger partial charge in [0.15, 0.2) is 11.0 Å². The number of nitrogens with zero attached hydrogens (tertiary/aromatic N) is 3. The number of aromatic nitrogens is 2. The van der Waals surface area contributed by atoms with Crippen molar-refractivity contribution in [2.45, 2.75) is 6.54 Å². The molecular weight excluding hydrogens is 256 g/mol. The van der Waals surface area contributed by atoms with Crippen LogP contribution in [0.5, 0.6) is 0 Å². The lowest BCUT2D eigenvalue weighted by Gasteiger charge is -2.06. The Bertz CT molecular complexity index is 559. The Morgan fingerprint density at radius 1 is 1.22 bits per heavy atom. The predicted molar refractivity (Wildman–Crippen MR) is 67.5 cm³/mol. The van der Waals surface area contributed by atoms with Crippen LogP contribution in [0.4, 0.5) is 11.5 Å². The van der Waals surface area contributed by atoms with Crippen LogP contribution >= 0.6 is 11.6 Å². The molecule has 7 heteroatoms. The lowest BCUT2D eigenvalue weighted by Crippen LogP contribution is -2.02. The monoisotopic (exact) mass is 264 g/mol. The molecule has 0 aliphatic rings. The minimum absolute atomic E-state index is 0.0660. The van der Waals surface area contributed by atoms with Crippen molar-refractivity contribution >= 4 is 23.1 Å². The Labute approximate surface area is 108 Å². The molecule has 0 saturated heterocycles. The number of nitro groups is 1. The zero-order valence-corrected chi connectivity index (χ0v) is 9.96. The third kappa shape index (κ3) is 2.92. The van der Waals surface area contributed by atoms with Crippen molar-refractivity contribution in [3.63, 3.8) is 0 Å². The highest BCUT2D eigenvalue weighted by Crippen LogP contribution is 2.16. The van der Waals surface area contributed by atoms with Crippen LogP contribution in [0, 0.1) is 10.1 Å². The molecular formula is C11H9ClN4O2. The fourth-order valence-corrected chi connectivity index (χ4v) is 1.53. The first kappa shape index (κ1) is 12.3. The lowest BCUT2D eigenvalue weighted by molar-refractivity contribution is -0.384. The fraction of sp³-hybridized carbons (Fsp3) is 0.0909. The van der Waals surface area contributed by atoms with Crippen molar-refractivity contribution in [1.82, 2.24) is 9.97 Å². The maximum Gasteiger partial charge on any atom is 0.269 e. The minimum atomic E-state index is -0.434. The van der Waals surface area contributed by atoms with Gasteiger partial charge in [0.1, 0.15) is 0 Å². The normalized spacial score (nSPS) is 10.1. The van der Waals surface area contributed by atoms with Gasteiger partial charge in [0.05, 0.1) is 4.92 Å². The second-order valence-electron chi connectivity index (χ2n) is 3.47. The Morgan fingerprint density at radius 2 is 1.89 bits per heavy atom. The number of benzene rings is 1. The van der Waals surface area contributed by atoms with Crippen LogP contribution < -0.4 is 5.32 Å². The van der Waals surface area contributed by atoms with E-state index in [9.17, 15) is 10.1 Å². The molecule has 1 heterocycles. The Hall–Kier alpha value is -2.21. The summed E-state index contributed by atoms with van der Waals surface area (Å²) in [7, 11) is 0. The molecule has 0 fully saturated rings. The van der Waals surface area contributed by atoms with Crippen LogP contribution in [0.3, 0.4) is 0 Å². The van der Waals surface area contributed by atoms with E-state index in [4.69, 9.17) is 11.6 Å². The van der Waals surface area contributed by atoms with Gasteiger partial charge in [-0.3, -0.25) is 10.1 Å². The van der Waals surface area contributed by atoms with Crippen molar-refractivity contribution < 1.29 is 4.92 Å². The van der Waals surface area contributed by atoms with E-state index in [2.05, 4.69) is 15.3 Å². The van der Waals surface area contributed by atoms with Gasteiger partial charge in [0.2, 0.25) is 0 Å². The molecule has 6 nitrogen and oxygen atoms in total. The summed E-state index contributed by atoms with van der Waals surface area (Å²) in [5.41, 5.74) is 0.957. The van der Waals surface area contributed by atoms with Gasteiger partial charge in [0.25, 0.3) is 5.69 Å². The first-order chi connectivity index (χ1) is 8.66. The van der Waals surface area contributed by atoms with E-state index in [1.807, 2.05) is 0 Å². The summed E-state index contributed by atoms with van der Waals surface area (Å²) in [4.78, 5) is 18.0. The summed E-state index contributed by atoms with van der Waals surface area (Å²) < 4.78 is 0. The first-order valence-corrected chi connectivity index (χ1v) is 5.48. The molecule has 0 saturated carbocycles. The smallest absolute Gasteiger partial charge is 0.269 e. The SMILES string of the molecule is O=[N+]([O-])c1ccc(CNc2nccnc2Cl)cc1. The second-order valence-corrected chi connectivity index (χ2v) is 3.83. The van der Waals surface area contributed by atoms with Crippen LogP contribution in [-0.4, -0.2) is 14.9 Å². The zero-order chi connectivity index (χ0) is 13.0. The van der Waals surface area contributed by atoms with Crippen molar-refractivity contribution in [3.05, 3.63) is 57.5 Å². The average molecular weight is 265 g/mol. The van der Waals surface area contributed by atoms with Crippen LogP contribution in [-0.2, 0) is 6.54 Å². The summed E-state index contributed by atoms with van der Waals surface area (Å²) >= 11 is 5.83. The molecule has 1 aromatic heterocycles. The molecule has 0 aliphatic carbocycles. The standard InChI is InChI=1S/C11H9ClN4O2/c12-10-11(14-6-5-13-10)15-7-8-1-3-9(4-2-8)16(17)18/h1-6H,7H2,(H,14,15). The van der Waals surface area contributed by atoms with Gasteiger partial charge in [-0.15, -0.1) is 0 Å². The molecule has 0 radical (unpaired) electrons. The Kier molecular flexibility index (Phi) is 3.69. The Balaban J connectivity index is 2.02. The van der Waals surface area contributed by atoms with Crippen LogP contribution in [0.1, 0.15) is 5.56 Å². The molecule has 92 valence electrons. The summed E-state index contributed by atoms with van der Waals surface area (Å²) in [6.45, 7) is 0.469. The van der Waals surface area contributed by atoms with Crippen LogP contribution in [0.2, 0.25) is 5.15 Å². The molecule has 1 aromatic carbocycles. The lowest BCUT2D eigenvalue weighted by atomic mass is 10.2. The summed E-state index contributed by atoms with van der Waals surface area (Å²) in [5, 5.41) is 13.8. The summed E-state index contributed by atoms with van der Waals surface area (Å²) in [5.74, 6) is 0.484. The summed E-state index contributed by atoms with van der Waals surface area (Å²) in [6, 6.07) is 6.26. The van der Waals surface area contributed by atoms with Gasteiger partial charge in [-0.25, -0.2) is 9.97 Å². The van der Waals surface area contributed by atoms with Crippen LogP contribution in [0.15, 0.2) is 36.7 Å². The number of anilines is 1. The third-order valence-corrected chi connectivity index (χ3v) is 2.54. The highest BCUT2D eigenvalue weighted by molar-refractivity contribution is 6.31. The van der Waals surface area contributed by atoms with Crippen LogP contribution in [0.25, 0.3) is 0 Å².